The van der Waals surface area contributed by atoms with E-state index in [9.17, 15) is 4.79 Å². The maximum Gasteiger partial charge on any atom is 0.228 e. The summed E-state index contributed by atoms with van der Waals surface area (Å²) in [6.07, 6.45) is 2.15. The van der Waals surface area contributed by atoms with E-state index in [0.717, 1.165) is 13.1 Å². The fourth-order valence-electron chi connectivity index (χ4n) is 2.33. The van der Waals surface area contributed by atoms with Crippen LogP contribution in [0.1, 0.15) is 20.3 Å². The van der Waals surface area contributed by atoms with Gasteiger partial charge in [-0.3, -0.25) is 4.79 Å². The quantitative estimate of drug-likeness (QED) is 0.699. The highest BCUT2D eigenvalue weighted by Crippen LogP contribution is 2.15. The van der Waals surface area contributed by atoms with Crippen molar-refractivity contribution in [3.8, 4) is 5.88 Å². The summed E-state index contributed by atoms with van der Waals surface area (Å²) in [5.41, 5.74) is 0. The van der Waals surface area contributed by atoms with Crippen molar-refractivity contribution in [1.29, 1.82) is 0 Å². The summed E-state index contributed by atoms with van der Waals surface area (Å²) in [5, 5.41) is 0. The Morgan fingerprint density at radius 3 is 2.68 bits per heavy atom. The van der Waals surface area contributed by atoms with Crippen LogP contribution in [-0.4, -0.2) is 66.8 Å². The molecule has 122 valence electrons. The van der Waals surface area contributed by atoms with Crippen LogP contribution in [0.3, 0.4) is 0 Å². The molecular formula is C15H24N4O3. The van der Waals surface area contributed by atoms with Crippen LogP contribution in [0, 0.1) is 0 Å². The maximum absolute atomic E-state index is 12.0. The average Bonchev–Trinajstić information content (AvgIpc) is 2.56. The van der Waals surface area contributed by atoms with E-state index in [0.29, 0.717) is 51.2 Å². The number of anilines is 1. The highest BCUT2D eigenvalue weighted by Gasteiger charge is 2.22. The molecule has 0 radical (unpaired) electrons. The zero-order valence-corrected chi connectivity index (χ0v) is 13.3. The van der Waals surface area contributed by atoms with E-state index in [1.165, 1.54) is 0 Å². The minimum atomic E-state index is 0.150. The summed E-state index contributed by atoms with van der Waals surface area (Å²) < 4.78 is 10.6. The third-order valence-electron chi connectivity index (χ3n) is 3.49. The smallest absolute Gasteiger partial charge is 0.228 e. The lowest BCUT2D eigenvalue weighted by Crippen LogP contribution is -2.49. The summed E-state index contributed by atoms with van der Waals surface area (Å²) in [6, 6.07) is 1.75. The molecule has 1 aliphatic heterocycles. The maximum atomic E-state index is 12.0. The molecule has 1 aromatic heterocycles. The van der Waals surface area contributed by atoms with Crippen LogP contribution in [0.4, 0.5) is 5.95 Å². The molecule has 0 N–H and O–H groups in total. The van der Waals surface area contributed by atoms with Gasteiger partial charge in [0, 0.05) is 45.0 Å². The molecule has 0 atom stereocenters. The van der Waals surface area contributed by atoms with E-state index in [4.69, 9.17) is 9.47 Å². The number of nitrogens with zero attached hydrogens (tertiary/aromatic N) is 4. The molecule has 0 spiro atoms. The van der Waals surface area contributed by atoms with E-state index in [2.05, 4.69) is 14.9 Å². The zero-order valence-electron chi connectivity index (χ0n) is 13.3. The number of hydrogen-bond acceptors (Lipinski definition) is 6. The number of aromatic nitrogens is 2. The number of amides is 1. The molecule has 0 bridgehead atoms. The zero-order chi connectivity index (χ0) is 15.8. The van der Waals surface area contributed by atoms with Gasteiger partial charge in [0.15, 0.2) is 0 Å². The molecule has 0 saturated carbocycles. The van der Waals surface area contributed by atoms with Crippen molar-refractivity contribution in [2.24, 2.45) is 0 Å². The molecular weight excluding hydrogens is 284 g/mol. The van der Waals surface area contributed by atoms with Gasteiger partial charge < -0.3 is 19.3 Å². The summed E-state index contributed by atoms with van der Waals surface area (Å²) >= 11 is 0. The van der Waals surface area contributed by atoms with Gasteiger partial charge in [-0.15, -0.1) is 0 Å². The van der Waals surface area contributed by atoms with Crippen molar-refractivity contribution in [2.75, 3.05) is 50.9 Å². The SMILES string of the molecule is CCOCCC(=O)N1CCN(c2nccc(OCC)n2)CC1. The van der Waals surface area contributed by atoms with Gasteiger partial charge in [0.05, 0.1) is 19.6 Å². The number of piperazine rings is 1. The van der Waals surface area contributed by atoms with Gasteiger partial charge in [-0.25, -0.2) is 4.98 Å². The Morgan fingerprint density at radius 2 is 2.00 bits per heavy atom. The Balaban J connectivity index is 1.84. The van der Waals surface area contributed by atoms with Crippen molar-refractivity contribution in [3.63, 3.8) is 0 Å². The second-order valence-electron chi connectivity index (χ2n) is 4.94. The molecule has 2 heterocycles. The Morgan fingerprint density at radius 1 is 1.23 bits per heavy atom. The molecule has 0 unspecified atom stereocenters. The third-order valence-corrected chi connectivity index (χ3v) is 3.49. The highest BCUT2D eigenvalue weighted by molar-refractivity contribution is 5.76. The van der Waals surface area contributed by atoms with Gasteiger partial charge in [-0.05, 0) is 13.8 Å². The summed E-state index contributed by atoms with van der Waals surface area (Å²) in [6.45, 7) is 8.42. The molecule has 0 aromatic carbocycles. The number of carbonyl (C=O) groups excluding carboxylic acids is 1. The first-order chi connectivity index (χ1) is 10.7. The Kier molecular flexibility index (Phi) is 6.39. The number of ether oxygens (including phenoxy) is 2. The molecule has 1 amide bonds. The highest BCUT2D eigenvalue weighted by atomic mass is 16.5. The van der Waals surface area contributed by atoms with Crippen LogP contribution in [0.2, 0.25) is 0 Å². The first-order valence-electron chi connectivity index (χ1n) is 7.81. The van der Waals surface area contributed by atoms with Crippen molar-refractivity contribution in [1.82, 2.24) is 14.9 Å². The lowest BCUT2D eigenvalue weighted by atomic mass is 10.3. The molecule has 7 nitrogen and oxygen atoms in total. The molecule has 1 fully saturated rings. The lowest BCUT2D eigenvalue weighted by molar-refractivity contribution is -0.132. The largest absolute Gasteiger partial charge is 0.478 e. The molecule has 7 heteroatoms. The normalized spacial score (nSPS) is 15.0. The van der Waals surface area contributed by atoms with Gasteiger partial charge in [0.25, 0.3) is 0 Å². The number of rotatable bonds is 7. The van der Waals surface area contributed by atoms with Crippen LogP contribution in [0.25, 0.3) is 0 Å². The van der Waals surface area contributed by atoms with E-state index in [-0.39, 0.29) is 5.91 Å². The Labute approximate surface area is 131 Å². The van der Waals surface area contributed by atoms with Gasteiger partial charge >= 0.3 is 0 Å². The van der Waals surface area contributed by atoms with Crippen LogP contribution < -0.4 is 9.64 Å². The monoisotopic (exact) mass is 308 g/mol. The van der Waals surface area contributed by atoms with Crippen LogP contribution in [0.15, 0.2) is 12.3 Å². The Hall–Kier alpha value is -1.89. The number of carbonyl (C=O) groups is 1. The van der Waals surface area contributed by atoms with Crippen LogP contribution >= 0.6 is 0 Å². The van der Waals surface area contributed by atoms with Crippen molar-refractivity contribution in [3.05, 3.63) is 12.3 Å². The first kappa shape index (κ1) is 16.5. The third kappa shape index (κ3) is 4.56. The predicted octanol–water partition coefficient (Wildman–Crippen LogP) is 0.950. The van der Waals surface area contributed by atoms with Crippen molar-refractivity contribution < 1.29 is 14.3 Å². The number of hydrogen-bond donors (Lipinski definition) is 0. The molecule has 2 rings (SSSR count). The molecule has 1 saturated heterocycles. The van der Waals surface area contributed by atoms with Crippen LogP contribution in [0.5, 0.6) is 5.88 Å². The van der Waals surface area contributed by atoms with E-state index >= 15 is 0 Å². The van der Waals surface area contributed by atoms with Gasteiger partial charge in [0.1, 0.15) is 0 Å². The molecule has 1 aliphatic rings. The second kappa shape index (κ2) is 8.53. The first-order valence-corrected chi connectivity index (χ1v) is 7.81. The predicted molar refractivity (Wildman–Crippen MR) is 83.1 cm³/mol. The van der Waals surface area contributed by atoms with Crippen molar-refractivity contribution >= 4 is 11.9 Å². The van der Waals surface area contributed by atoms with E-state index in [1.54, 1.807) is 12.3 Å². The van der Waals surface area contributed by atoms with Gasteiger partial charge in [0.2, 0.25) is 17.7 Å². The lowest BCUT2D eigenvalue weighted by Gasteiger charge is -2.34. The summed E-state index contributed by atoms with van der Waals surface area (Å²) in [4.78, 5) is 24.7. The van der Waals surface area contributed by atoms with Crippen molar-refractivity contribution in [2.45, 2.75) is 20.3 Å². The summed E-state index contributed by atoms with van der Waals surface area (Å²) in [7, 11) is 0. The van der Waals surface area contributed by atoms with Gasteiger partial charge in [-0.2, -0.15) is 4.98 Å². The minimum absolute atomic E-state index is 0.150. The molecule has 0 aliphatic carbocycles. The fraction of sp³-hybridized carbons (Fsp3) is 0.667. The minimum Gasteiger partial charge on any atom is -0.478 e. The fourth-order valence-corrected chi connectivity index (χ4v) is 2.33. The molecule has 22 heavy (non-hydrogen) atoms. The standard InChI is InChI=1S/C15H24N4O3/c1-3-21-12-6-14(20)18-8-10-19(11-9-18)15-16-7-5-13(17-15)22-4-2/h5,7H,3-4,6,8-12H2,1-2H3. The van der Waals surface area contributed by atoms with E-state index < -0.39 is 0 Å². The van der Waals surface area contributed by atoms with Crippen LogP contribution in [-0.2, 0) is 9.53 Å². The Bertz CT molecular complexity index is 476. The summed E-state index contributed by atoms with van der Waals surface area (Å²) in [5.74, 6) is 1.40. The van der Waals surface area contributed by atoms with E-state index in [1.807, 2.05) is 18.7 Å². The topological polar surface area (TPSA) is 67.8 Å². The second-order valence-corrected chi connectivity index (χ2v) is 4.94. The molecule has 1 aromatic rings. The van der Waals surface area contributed by atoms with Gasteiger partial charge in [-0.1, -0.05) is 0 Å². The average molecular weight is 308 g/mol.